The van der Waals surface area contributed by atoms with Crippen LogP contribution in [0.1, 0.15) is 36.5 Å². The highest BCUT2D eigenvalue weighted by molar-refractivity contribution is 6.30. The third-order valence-electron chi connectivity index (χ3n) is 6.09. The molecule has 0 spiro atoms. The second-order valence-electron chi connectivity index (χ2n) is 8.66. The van der Waals surface area contributed by atoms with E-state index in [-0.39, 0.29) is 6.61 Å². The number of nitrogens with one attached hydrogen (secondary N) is 1. The van der Waals surface area contributed by atoms with Crippen LogP contribution in [0.5, 0.6) is 0 Å². The van der Waals surface area contributed by atoms with E-state index < -0.39 is 17.9 Å². The zero-order valence-electron chi connectivity index (χ0n) is 20.9. The number of nitrogens with zero attached hydrogens (tertiary/aromatic N) is 2. The van der Waals surface area contributed by atoms with E-state index in [0.717, 1.165) is 17.7 Å². The first-order valence-electron chi connectivity index (χ1n) is 11.8. The summed E-state index contributed by atoms with van der Waals surface area (Å²) in [7, 11) is 1.32. The first-order valence-corrected chi connectivity index (χ1v) is 12.2. The van der Waals surface area contributed by atoms with Gasteiger partial charge in [0.25, 0.3) is 0 Å². The third-order valence-corrected chi connectivity index (χ3v) is 6.33. The Morgan fingerprint density at radius 1 is 1.08 bits per heavy atom. The number of ether oxygens (including phenoxy) is 2. The zero-order chi connectivity index (χ0) is 26.4. The van der Waals surface area contributed by atoms with E-state index in [4.69, 9.17) is 21.1 Å². The van der Waals surface area contributed by atoms with Crippen molar-refractivity contribution in [3.8, 4) is 0 Å². The Hall–Kier alpha value is -4.10. The molecule has 4 rings (SSSR count). The van der Waals surface area contributed by atoms with Crippen molar-refractivity contribution >= 4 is 29.6 Å². The number of esters is 2. The maximum atomic E-state index is 13.3. The Labute approximate surface area is 221 Å². The molecule has 1 aromatic heterocycles. The third kappa shape index (κ3) is 6.19. The minimum atomic E-state index is -0.674. The first kappa shape index (κ1) is 26.0. The minimum Gasteiger partial charge on any atom is -0.466 e. The normalized spacial score (nSPS) is 15.6. The molecule has 0 saturated heterocycles. The molecule has 1 N–H and O–H groups in total. The van der Waals surface area contributed by atoms with Gasteiger partial charge in [-0.1, -0.05) is 54.1 Å². The number of methoxy groups -OCH3 is 1. The van der Waals surface area contributed by atoms with Crippen LogP contribution in [-0.4, -0.2) is 35.2 Å². The zero-order valence-corrected chi connectivity index (χ0v) is 21.7. The average Bonchev–Trinajstić information content (AvgIpc) is 3.39. The lowest BCUT2D eigenvalue weighted by molar-refractivity contribution is -0.138. The van der Waals surface area contributed by atoms with E-state index in [1.54, 1.807) is 50.6 Å². The van der Waals surface area contributed by atoms with Crippen LogP contribution in [0.2, 0.25) is 5.02 Å². The van der Waals surface area contributed by atoms with Crippen molar-refractivity contribution in [2.75, 3.05) is 13.7 Å². The van der Waals surface area contributed by atoms with Gasteiger partial charge in [-0.15, -0.1) is 0 Å². The number of hydrogen-bond acceptors (Lipinski definition) is 6. The van der Waals surface area contributed by atoms with Crippen molar-refractivity contribution in [1.29, 1.82) is 0 Å². The highest BCUT2D eigenvalue weighted by Crippen LogP contribution is 2.39. The minimum absolute atomic E-state index is 0.0743. The molecular weight excluding hydrogens is 490 g/mol. The predicted molar refractivity (Wildman–Crippen MR) is 143 cm³/mol. The Kier molecular flexibility index (Phi) is 8.25. The topological polar surface area (TPSA) is 82.5 Å². The standard InChI is InChI=1S/C29H28ClN3O4/c1-19-25(28(34)36-3)27(23-7-4-8-24(30)16-23)26(20(2)32-19)29(35)37-15-5-6-21-9-11-22(12-10-21)17-33-14-13-31-18-33/h4-14,16,18,27,32H,15,17H2,1-3H3. The maximum Gasteiger partial charge on any atom is 0.337 e. The van der Waals surface area contributed by atoms with Gasteiger partial charge in [0.15, 0.2) is 0 Å². The highest BCUT2D eigenvalue weighted by atomic mass is 35.5. The van der Waals surface area contributed by atoms with Crippen molar-refractivity contribution in [3.63, 3.8) is 0 Å². The number of hydrogen-bond donors (Lipinski definition) is 1. The molecule has 7 nitrogen and oxygen atoms in total. The summed E-state index contributed by atoms with van der Waals surface area (Å²) in [6.07, 6.45) is 9.13. The SMILES string of the molecule is COC(=O)C1=C(C)NC(C)=C(C(=O)OCC=Cc2ccc(Cn3ccnc3)cc2)C1c1cccc(Cl)c1. The van der Waals surface area contributed by atoms with Gasteiger partial charge in [0, 0.05) is 35.4 Å². The largest absolute Gasteiger partial charge is 0.466 e. The van der Waals surface area contributed by atoms with E-state index in [0.29, 0.717) is 33.1 Å². The van der Waals surface area contributed by atoms with Crippen molar-refractivity contribution in [2.24, 2.45) is 0 Å². The summed E-state index contributed by atoms with van der Waals surface area (Å²) in [5.74, 6) is -1.72. The number of rotatable bonds is 8. The van der Waals surface area contributed by atoms with Crippen LogP contribution in [-0.2, 0) is 25.6 Å². The highest BCUT2D eigenvalue weighted by Gasteiger charge is 2.37. The van der Waals surface area contributed by atoms with Gasteiger partial charge in [0.05, 0.1) is 30.5 Å². The van der Waals surface area contributed by atoms with Crippen molar-refractivity contribution < 1.29 is 19.1 Å². The number of benzene rings is 2. The maximum absolute atomic E-state index is 13.3. The Morgan fingerprint density at radius 3 is 2.46 bits per heavy atom. The number of dihydropyridines is 1. The number of aromatic nitrogens is 2. The van der Waals surface area contributed by atoms with Crippen LogP contribution in [0.4, 0.5) is 0 Å². The lowest BCUT2D eigenvalue weighted by Crippen LogP contribution is -2.32. The van der Waals surface area contributed by atoms with Crippen molar-refractivity contribution in [1.82, 2.24) is 14.9 Å². The predicted octanol–water partition coefficient (Wildman–Crippen LogP) is 5.25. The summed E-state index contributed by atoms with van der Waals surface area (Å²) in [5, 5.41) is 3.63. The average molecular weight is 518 g/mol. The smallest absolute Gasteiger partial charge is 0.337 e. The number of halogens is 1. The second-order valence-corrected chi connectivity index (χ2v) is 9.10. The summed E-state index contributed by atoms with van der Waals surface area (Å²) in [6, 6.07) is 15.2. The first-order chi connectivity index (χ1) is 17.9. The molecule has 1 atom stereocenters. The van der Waals surface area contributed by atoms with Crippen LogP contribution in [0.3, 0.4) is 0 Å². The molecule has 37 heavy (non-hydrogen) atoms. The van der Waals surface area contributed by atoms with Gasteiger partial charge in [-0.2, -0.15) is 0 Å². The summed E-state index contributed by atoms with van der Waals surface area (Å²) >= 11 is 6.24. The van der Waals surface area contributed by atoms with Gasteiger partial charge >= 0.3 is 11.9 Å². The molecule has 0 fully saturated rings. The molecule has 3 aromatic rings. The molecule has 0 radical (unpaired) electrons. The van der Waals surface area contributed by atoms with Gasteiger partial charge in [-0.3, -0.25) is 0 Å². The van der Waals surface area contributed by atoms with E-state index in [1.165, 1.54) is 7.11 Å². The lowest BCUT2D eigenvalue weighted by atomic mass is 9.80. The number of imidazole rings is 1. The summed E-state index contributed by atoms with van der Waals surface area (Å²) in [5.41, 5.74) is 4.75. The second kappa shape index (κ2) is 11.8. The summed E-state index contributed by atoms with van der Waals surface area (Å²) in [4.78, 5) is 30.0. The Balaban J connectivity index is 1.47. The molecule has 1 unspecified atom stereocenters. The van der Waals surface area contributed by atoms with Crippen LogP contribution in [0, 0.1) is 0 Å². The number of carbonyl (C=O) groups is 2. The van der Waals surface area contributed by atoms with Gasteiger partial charge in [-0.05, 0) is 48.7 Å². The van der Waals surface area contributed by atoms with Gasteiger partial charge in [-0.25, -0.2) is 14.6 Å². The van der Waals surface area contributed by atoms with Crippen molar-refractivity contribution in [2.45, 2.75) is 26.3 Å². The molecule has 1 aliphatic heterocycles. The molecule has 2 heterocycles. The fourth-order valence-electron chi connectivity index (χ4n) is 4.38. The Morgan fingerprint density at radius 2 is 1.81 bits per heavy atom. The molecule has 0 saturated carbocycles. The molecule has 1 aliphatic rings. The molecule has 8 heteroatoms. The lowest BCUT2D eigenvalue weighted by Gasteiger charge is -2.30. The monoisotopic (exact) mass is 517 g/mol. The van der Waals surface area contributed by atoms with Gasteiger partial charge in [0.1, 0.15) is 6.61 Å². The fourth-order valence-corrected chi connectivity index (χ4v) is 4.57. The molecular formula is C29H28ClN3O4. The fraction of sp³-hybridized carbons (Fsp3) is 0.207. The van der Waals surface area contributed by atoms with E-state index in [1.807, 2.05) is 47.2 Å². The van der Waals surface area contributed by atoms with Gasteiger partial charge < -0.3 is 19.4 Å². The number of allylic oxidation sites excluding steroid dienone is 2. The molecule has 0 amide bonds. The van der Waals surface area contributed by atoms with Crippen LogP contribution < -0.4 is 5.32 Å². The quantitative estimate of drug-likeness (QED) is 0.411. The van der Waals surface area contributed by atoms with Crippen LogP contribution >= 0.6 is 11.6 Å². The van der Waals surface area contributed by atoms with Gasteiger partial charge in [0.2, 0.25) is 0 Å². The summed E-state index contributed by atoms with van der Waals surface area (Å²) < 4.78 is 12.6. The summed E-state index contributed by atoms with van der Waals surface area (Å²) in [6.45, 7) is 4.38. The Bertz CT molecular complexity index is 1370. The molecule has 190 valence electrons. The molecule has 2 aromatic carbocycles. The van der Waals surface area contributed by atoms with E-state index >= 15 is 0 Å². The van der Waals surface area contributed by atoms with Crippen LogP contribution in [0.15, 0.2) is 95.9 Å². The van der Waals surface area contributed by atoms with Crippen LogP contribution in [0.25, 0.3) is 6.08 Å². The molecule has 0 bridgehead atoms. The number of carbonyl (C=O) groups excluding carboxylic acids is 2. The van der Waals surface area contributed by atoms with E-state index in [9.17, 15) is 9.59 Å². The van der Waals surface area contributed by atoms with E-state index in [2.05, 4.69) is 10.3 Å². The van der Waals surface area contributed by atoms with Crippen molar-refractivity contribution in [3.05, 3.63) is 118 Å². The molecule has 0 aliphatic carbocycles.